The lowest BCUT2D eigenvalue weighted by molar-refractivity contribution is -0.141. The molecule has 0 amide bonds. The van der Waals surface area contributed by atoms with Crippen molar-refractivity contribution in [2.24, 2.45) is 0 Å². The van der Waals surface area contributed by atoms with Crippen molar-refractivity contribution in [1.29, 1.82) is 0 Å². The molecule has 0 rings (SSSR count). The fourth-order valence-corrected chi connectivity index (χ4v) is 0.407. The van der Waals surface area contributed by atoms with Gasteiger partial charge < -0.3 is 19.7 Å². The zero-order valence-corrected chi connectivity index (χ0v) is 10.9. The highest BCUT2D eigenvalue weighted by Crippen LogP contribution is 1.70. The van der Waals surface area contributed by atoms with Gasteiger partial charge in [-0.1, -0.05) is 0 Å². The van der Waals surface area contributed by atoms with Crippen molar-refractivity contribution in [3.8, 4) is 0 Å². The number of ether oxygens (including phenoxy) is 2. The van der Waals surface area contributed by atoms with Gasteiger partial charge in [-0.2, -0.15) is 0 Å². The molecule has 0 aromatic heterocycles. The van der Waals surface area contributed by atoms with Crippen LogP contribution in [0.5, 0.6) is 0 Å². The average molecular weight is 240 g/mol. The van der Waals surface area contributed by atoms with Crippen LogP contribution >= 0.6 is 0 Å². The molecule has 0 unspecified atom stereocenters. The van der Waals surface area contributed by atoms with Crippen molar-refractivity contribution < 1.29 is 29.3 Å². The maximum atomic E-state index is 9.82. The molecule has 0 aliphatic heterocycles. The molecule has 0 aliphatic rings. The van der Waals surface area contributed by atoms with Crippen LogP contribution < -0.4 is 0 Å². The molecule has 0 radical (unpaired) electrons. The summed E-state index contributed by atoms with van der Waals surface area (Å²) in [7, 11) is 2.00. The summed E-state index contributed by atoms with van der Waals surface area (Å²) in [4.78, 5) is 19.6. The lowest BCUT2D eigenvalue weighted by atomic mass is 10.8. The highest BCUT2D eigenvalue weighted by Gasteiger charge is 1.82. The van der Waals surface area contributed by atoms with Crippen LogP contribution in [0, 0.1) is 0 Å². The second-order valence-corrected chi connectivity index (χ2v) is 1.85. The van der Waals surface area contributed by atoms with Gasteiger partial charge in [0.25, 0.3) is 0 Å². The number of carbonyl (C=O) groups is 2. The zero-order chi connectivity index (χ0) is 14.0. The third-order valence-electron chi connectivity index (χ3n) is 0.695. The second kappa shape index (κ2) is 29.2. The first-order chi connectivity index (χ1) is 7.54. The summed E-state index contributed by atoms with van der Waals surface area (Å²) in [5.41, 5.74) is 0. The van der Waals surface area contributed by atoms with Gasteiger partial charge in [0.15, 0.2) is 0 Å². The molecule has 0 saturated carbocycles. The standard InChI is InChI=1S/2C4H8O2.2CH4O/c2*1-3-6-4(2)5;2*1-2/h2*3H2,1-2H3;2*2H,1H3. The SMILES string of the molecule is CCOC(C)=O.CCOC(C)=O.CO.CO. The minimum Gasteiger partial charge on any atom is -0.466 e. The summed E-state index contributed by atoms with van der Waals surface area (Å²) >= 11 is 0. The highest BCUT2D eigenvalue weighted by molar-refractivity contribution is 5.66. The van der Waals surface area contributed by atoms with Gasteiger partial charge in [0.05, 0.1) is 13.2 Å². The van der Waals surface area contributed by atoms with E-state index in [4.69, 9.17) is 10.2 Å². The molecule has 6 heteroatoms. The largest absolute Gasteiger partial charge is 0.466 e. The van der Waals surface area contributed by atoms with Gasteiger partial charge in [0.2, 0.25) is 0 Å². The lowest BCUT2D eigenvalue weighted by Gasteiger charge is -1.89. The molecule has 0 aromatic carbocycles. The van der Waals surface area contributed by atoms with E-state index in [0.717, 1.165) is 14.2 Å². The Kier molecular flexibility index (Phi) is 44.2. The smallest absolute Gasteiger partial charge is 0.302 e. The van der Waals surface area contributed by atoms with Crippen LogP contribution in [0.4, 0.5) is 0 Å². The summed E-state index contributed by atoms with van der Waals surface area (Å²) in [5, 5.41) is 14.0. The normalized spacial score (nSPS) is 6.50. The first kappa shape index (κ1) is 24.2. The summed E-state index contributed by atoms with van der Waals surface area (Å²) < 4.78 is 8.81. The zero-order valence-electron chi connectivity index (χ0n) is 10.9. The molecule has 6 nitrogen and oxygen atoms in total. The Balaban J connectivity index is -0.0000000686. The fraction of sp³-hybridized carbons (Fsp3) is 0.800. The molecule has 0 spiro atoms. The van der Waals surface area contributed by atoms with E-state index in [2.05, 4.69) is 9.47 Å². The van der Waals surface area contributed by atoms with Crippen molar-refractivity contribution in [2.75, 3.05) is 27.4 Å². The molecule has 0 bridgehead atoms. The first-order valence-electron chi connectivity index (χ1n) is 4.70. The molecule has 16 heavy (non-hydrogen) atoms. The van der Waals surface area contributed by atoms with Crippen LogP contribution in [0.15, 0.2) is 0 Å². The molecule has 0 heterocycles. The predicted molar refractivity (Wildman–Crippen MR) is 60.9 cm³/mol. The topological polar surface area (TPSA) is 93.1 Å². The van der Waals surface area contributed by atoms with Crippen LogP contribution in [0.3, 0.4) is 0 Å². The van der Waals surface area contributed by atoms with E-state index in [-0.39, 0.29) is 11.9 Å². The number of hydrogen-bond donors (Lipinski definition) is 2. The maximum Gasteiger partial charge on any atom is 0.302 e. The first-order valence-corrected chi connectivity index (χ1v) is 4.70. The fourth-order valence-electron chi connectivity index (χ4n) is 0.407. The number of carbonyl (C=O) groups excluding carboxylic acids is 2. The second-order valence-electron chi connectivity index (χ2n) is 1.85. The van der Waals surface area contributed by atoms with Crippen molar-refractivity contribution in [3.05, 3.63) is 0 Å². The number of hydrogen-bond acceptors (Lipinski definition) is 6. The minimum atomic E-state index is -0.211. The Bertz CT molecular complexity index is 119. The Morgan fingerprint density at radius 3 is 1.00 bits per heavy atom. The van der Waals surface area contributed by atoms with Gasteiger partial charge in [-0.25, -0.2) is 0 Å². The Morgan fingerprint density at radius 2 is 1.00 bits per heavy atom. The van der Waals surface area contributed by atoms with Crippen molar-refractivity contribution in [1.82, 2.24) is 0 Å². The third-order valence-corrected chi connectivity index (χ3v) is 0.695. The van der Waals surface area contributed by atoms with Gasteiger partial charge in [0.1, 0.15) is 0 Å². The average Bonchev–Trinajstić information content (AvgIpc) is 2.24. The quantitative estimate of drug-likeness (QED) is 0.677. The number of rotatable bonds is 2. The van der Waals surface area contributed by atoms with Gasteiger partial charge in [-0.3, -0.25) is 9.59 Å². The molecule has 0 aliphatic carbocycles. The van der Waals surface area contributed by atoms with Gasteiger partial charge in [0, 0.05) is 28.1 Å². The van der Waals surface area contributed by atoms with Gasteiger partial charge in [-0.05, 0) is 13.8 Å². The summed E-state index contributed by atoms with van der Waals surface area (Å²) in [5.74, 6) is -0.421. The molecule has 0 atom stereocenters. The molecular weight excluding hydrogens is 216 g/mol. The van der Waals surface area contributed by atoms with E-state index in [9.17, 15) is 9.59 Å². The van der Waals surface area contributed by atoms with Gasteiger partial charge >= 0.3 is 11.9 Å². The van der Waals surface area contributed by atoms with Crippen molar-refractivity contribution >= 4 is 11.9 Å². The van der Waals surface area contributed by atoms with E-state index < -0.39 is 0 Å². The number of esters is 2. The molecule has 100 valence electrons. The Morgan fingerprint density at radius 1 is 0.812 bits per heavy atom. The van der Waals surface area contributed by atoms with Crippen LogP contribution in [0.25, 0.3) is 0 Å². The summed E-state index contributed by atoms with van der Waals surface area (Å²) in [6, 6.07) is 0. The lowest BCUT2D eigenvalue weighted by Crippen LogP contribution is -1.95. The van der Waals surface area contributed by atoms with E-state index in [1.165, 1.54) is 13.8 Å². The monoisotopic (exact) mass is 240 g/mol. The molecule has 0 fully saturated rings. The predicted octanol–water partition coefficient (Wildman–Crippen LogP) is 0.356. The summed E-state index contributed by atoms with van der Waals surface area (Å²) in [6.45, 7) is 7.31. The van der Waals surface area contributed by atoms with Crippen LogP contribution in [-0.2, 0) is 19.1 Å². The molecule has 2 N–H and O–H groups in total. The molecule has 0 aromatic rings. The van der Waals surface area contributed by atoms with Crippen LogP contribution in [0.2, 0.25) is 0 Å². The van der Waals surface area contributed by atoms with E-state index in [1.807, 2.05) is 0 Å². The van der Waals surface area contributed by atoms with Crippen LogP contribution in [0.1, 0.15) is 27.7 Å². The van der Waals surface area contributed by atoms with E-state index in [1.54, 1.807) is 13.8 Å². The minimum absolute atomic E-state index is 0.211. The third kappa shape index (κ3) is 76.6. The van der Waals surface area contributed by atoms with Gasteiger partial charge in [-0.15, -0.1) is 0 Å². The maximum absolute atomic E-state index is 9.82. The van der Waals surface area contributed by atoms with Crippen molar-refractivity contribution in [2.45, 2.75) is 27.7 Å². The number of aliphatic hydroxyl groups is 2. The summed E-state index contributed by atoms with van der Waals surface area (Å²) in [6.07, 6.45) is 0. The van der Waals surface area contributed by atoms with Crippen molar-refractivity contribution in [3.63, 3.8) is 0 Å². The highest BCUT2D eigenvalue weighted by atomic mass is 16.5. The molecular formula is C10H24O6. The number of aliphatic hydroxyl groups excluding tert-OH is 2. The van der Waals surface area contributed by atoms with Crippen LogP contribution in [-0.4, -0.2) is 49.6 Å². The van der Waals surface area contributed by atoms with E-state index >= 15 is 0 Å². The Labute approximate surface area is 97.2 Å². The molecule has 0 saturated heterocycles. The Hall–Kier alpha value is -1.14. The van der Waals surface area contributed by atoms with E-state index in [0.29, 0.717) is 13.2 Å².